The third-order valence-electron chi connectivity index (χ3n) is 3.92. The molecule has 0 aliphatic carbocycles. The Labute approximate surface area is 147 Å². The van der Waals surface area contributed by atoms with Crippen molar-refractivity contribution in [2.45, 2.75) is 0 Å². The van der Waals surface area contributed by atoms with Crippen LogP contribution in [0.2, 0.25) is 5.02 Å². The average Bonchev–Trinajstić information content (AvgIpc) is 3.08. The number of nitrogens with two attached hydrogens (primary N) is 1. The average molecular weight is 355 g/mol. The normalized spacial score (nSPS) is 11.1. The number of hydrogen-bond acceptors (Lipinski definition) is 4. The summed E-state index contributed by atoms with van der Waals surface area (Å²) < 4.78 is 16.1. The van der Waals surface area contributed by atoms with E-state index in [0.717, 1.165) is 0 Å². The fourth-order valence-corrected chi connectivity index (χ4v) is 2.96. The number of nitrogens with zero attached hydrogens (tertiary/aromatic N) is 3. The molecule has 5 nitrogen and oxygen atoms in total. The molecule has 3 N–H and O–H groups in total. The predicted molar refractivity (Wildman–Crippen MR) is 94.9 cm³/mol. The van der Waals surface area contributed by atoms with Crippen molar-refractivity contribution in [3.05, 3.63) is 65.7 Å². The number of fused-ring (bicyclic) bond motifs is 1. The van der Waals surface area contributed by atoms with Crippen LogP contribution in [0.15, 0.2) is 54.9 Å². The highest BCUT2D eigenvalue weighted by Crippen LogP contribution is 2.36. The van der Waals surface area contributed by atoms with Gasteiger partial charge in [-0.25, -0.2) is 14.4 Å². The summed E-state index contributed by atoms with van der Waals surface area (Å²) in [4.78, 5) is 8.58. The second-order valence-electron chi connectivity index (χ2n) is 5.46. The Bertz CT molecular complexity index is 1110. The number of aromatic hydroxyl groups is 1. The van der Waals surface area contributed by atoms with Crippen LogP contribution >= 0.6 is 11.6 Å². The predicted octanol–water partition coefficient (Wildman–Crippen LogP) is 4.14. The van der Waals surface area contributed by atoms with Gasteiger partial charge in [0.1, 0.15) is 17.3 Å². The van der Waals surface area contributed by atoms with E-state index in [4.69, 9.17) is 17.3 Å². The van der Waals surface area contributed by atoms with E-state index in [0.29, 0.717) is 28.2 Å². The lowest BCUT2D eigenvalue weighted by atomic mass is 10.0. The van der Waals surface area contributed by atoms with Crippen LogP contribution in [0.1, 0.15) is 0 Å². The summed E-state index contributed by atoms with van der Waals surface area (Å²) in [6.45, 7) is 0. The van der Waals surface area contributed by atoms with Crippen molar-refractivity contribution in [3.8, 4) is 28.3 Å². The van der Waals surface area contributed by atoms with Gasteiger partial charge in [0.2, 0.25) is 0 Å². The number of anilines is 1. The van der Waals surface area contributed by atoms with E-state index in [1.54, 1.807) is 47.1 Å². The van der Waals surface area contributed by atoms with E-state index in [1.165, 1.54) is 12.1 Å². The van der Waals surface area contributed by atoms with Gasteiger partial charge >= 0.3 is 0 Å². The van der Waals surface area contributed by atoms with Gasteiger partial charge in [-0.15, -0.1) is 0 Å². The van der Waals surface area contributed by atoms with Crippen molar-refractivity contribution in [1.82, 2.24) is 14.4 Å². The lowest BCUT2D eigenvalue weighted by molar-refractivity contribution is 0.475. The molecule has 2 aromatic carbocycles. The zero-order chi connectivity index (χ0) is 17.6. The van der Waals surface area contributed by atoms with Gasteiger partial charge < -0.3 is 10.8 Å². The minimum absolute atomic E-state index is 0.0388. The molecule has 0 aliphatic heterocycles. The molecule has 0 atom stereocenters. The van der Waals surface area contributed by atoms with E-state index >= 15 is 0 Å². The van der Waals surface area contributed by atoms with E-state index in [-0.39, 0.29) is 16.6 Å². The van der Waals surface area contributed by atoms with Crippen molar-refractivity contribution in [3.63, 3.8) is 0 Å². The van der Waals surface area contributed by atoms with Gasteiger partial charge in [0, 0.05) is 23.5 Å². The molecule has 0 fully saturated rings. The first-order valence-corrected chi connectivity index (χ1v) is 7.80. The molecule has 0 bridgehead atoms. The molecule has 0 saturated carbocycles. The molecule has 4 aromatic rings. The van der Waals surface area contributed by atoms with Crippen molar-refractivity contribution < 1.29 is 9.50 Å². The molecule has 2 aromatic heterocycles. The number of hydrogen-bond donors (Lipinski definition) is 2. The summed E-state index contributed by atoms with van der Waals surface area (Å²) in [5, 5.41) is 9.87. The van der Waals surface area contributed by atoms with Crippen LogP contribution in [0.25, 0.3) is 28.2 Å². The van der Waals surface area contributed by atoms with Crippen LogP contribution in [-0.4, -0.2) is 19.5 Å². The topological polar surface area (TPSA) is 76.4 Å². The highest BCUT2D eigenvalue weighted by molar-refractivity contribution is 6.32. The largest absolute Gasteiger partial charge is 0.506 e. The van der Waals surface area contributed by atoms with Gasteiger partial charge in [-0.1, -0.05) is 23.7 Å². The standard InChI is InChI=1S/C18H12ClFN4O/c19-12-9-10(5-6-14(12)25)16-15(11-3-1-2-4-13(11)20)23-17(21)18-22-7-8-24(16)18/h1-9,25H,(H2,21,23). The Hall–Kier alpha value is -3.12. The molecule has 0 spiro atoms. The SMILES string of the molecule is Nc1nc(-c2ccccc2F)c(-c2ccc(O)c(Cl)c2)n2ccnc12. The monoisotopic (exact) mass is 354 g/mol. The Morgan fingerprint density at radius 1 is 1.16 bits per heavy atom. The number of nitrogen functional groups attached to an aromatic ring is 1. The molecule has 0 amide bonds. The number of benzene rings is 2. The number of aromatic nitrogens is 3. The maximum atomic E-state index is 14.4. The molecular weight excluding hydrogens is 343 g/mol. The lowest BCUT2D eigenvalue weighted by Crippen LogP contribution is -2.04. The van der Waals surface area contributed by atoms with Crippen molar-refractivity contribution in [2.24, 2.45) is 0 Å². The number of phenolic OH excluding ortho intramolecular Hbond substituents is 1. The third-order valence-corrected chi connectivity index (χ3v) is 4.22. The summed E-state index contributed by atoms with van der Waals surface area (Å²) >= 11 is 6.06. The third kappa shape index (κ3) is 2.47. The molecule has 0 radical (unpaired) electrons. The Morgan fingerprint density at radius 3 is 2.72 bits per heavy atom. The van der Waals surface area contributed by atoms with E-state index < -0.39 is 5.82 Å². The van der Waals surface area contributed by atoms with Gasteiger partial charge in [0.05, 0.1) is 10.7 Å². The summed E-state index contributed by atoms with van der Waals surface area (Å²) in [5.41, 5.74) is 8.36. The molecular formula is C18H12ClFN4O. The Kier molecular flexibility index (Phi) is 3.54. The van der Waals surface area contributed by atoms with Crippen LogP contribution < -0.4 is 5.73 Å². The number of rotatable bonds is 2. The molecule has 0 aliphatic rings. The molecule has 0 saturated heterocycles. The zero-order valence-corrected chi connectivity index (χ0v) is 13.6. The van der Waals surface area contributed by atoms with E-state index in [2.05, 4.69) is 9.97 Å². The first-order valence-electron chi connectivity index (χ1n) is 7.42. The van der Waals surface area contributed by atoms with Gasteiger partial charge in [-0.2, -0.15) is 0 Å². The zero-order valence-electron chi connectivity index (χ0n) is 12.8. The molecule has 4 rings (SSSR count). The maximum absolute atomic E-state index is 14.4. The number of imidazole rings is 1. The van der Waals surface area contributed by atoms with E-state index in [1.807, 2.05) is 0 Å². The Morgan fingerprint density at radius 2 is 1.96 bits per heavy atom. The van der Waals surface area contributed by atoms with Crippen LogP contribution in [0.4, 0.5) is 10.2 Å². The number of halogens is 2. The van der Waals surface area contributed by atoms with Crippen LogP contribution in [0.3, 0.4) is 0 Å². The summed E-state index contributed by atoms with van der Waals surface area (Å²) in [5.74, 6) is -0.264. The molecule has 0 unspecified atom stereocenters. The van der Waals surface area contributed by atoms with Gasteiger partial charge in [0.25, 0.3) is 0 Å². The first-order chi connectivity index (χ1) is 12.1. The highest BCUT2D eigenvalue weighted by atomic mass is 35.5. The summed E-state index contributed by atoms with van der Waals surface area (Å²) in [6, 6.07) is 11.1. The fraction of sp³-hybridized carbons (Fsp3) is 0. The summed E-state index contributed by atoms with van der Waals surface area (Å²) in [6.07, 6.45) is 3.30. The Balaban J connectivity index is 2.12. The molecule has 25 heavy (non-hydrogen) atoms. The fourth-order valence-electron chi connectivity index (χ4n) is 2.78. The maximum Gasteiger partial charge on any atom is 0.180 e. The van der Waals surface area contributed by atoms with Gasteiger partial charge in [-0.05, 0) is 30.3 Å². The van der Waals surface area contributed by atoms with Crippen molar-refractivity contribution in [1.29, 1.82) is 0 Å². The quantitative estimate of drug-likeness (QED) is 0.567. The second-order valence-corrected chi connectivity index (χ2v) is 5.87. The number of phenols is 1. The molecule has 2 heterocycles. The molecule has 124 valence electrons. The molecule has 7 heteroatoms. The lowest BCUT2D eigenvalue weighted by Gasteiger charge is -2.14. The first kappa shape index (κ1) is 15.4. The summed E-state index contributed by atoms with van der Waals surface area (Å²) in [7, 11) is 0. The van der Waals surface area contributed by atoms with Crippen LogP contribution in [0, 0.1) is 5.82 Å². The highest BCUT2D eigenvalue weighted by Gasteiger charge is 2.19. The smallest absolute Gasteiger partial charge is 0.180 e. The van der Waals surface area contributed by atoms with E-state index in [9.17, 15) is 9.50 Å². The van der Waals surface area contributed by atoms with Crippen LogP contribution in [0.5, 0.6) is 5.75 Å². The van der Waals surface area contributed by atoms with Gasteiger partial charge in [-0.3, -0.25) is 4.40 Å². The van der Waals surface area contributed by atoms with Crippen molar-refractivity contribution in [2.75, 3.05) is 5.73 Å². The second kappa shape index (κ2) is 5.75. The van der Waals surface area contributed by atoms with Gasteiger partial charge in [0.15, 0.2) is 11.5 Å². The van der Waals surface area contributed by atoms with Crippen LogP contribution in [-0.2, 0) is 0 Å². The minimum Gasteiger partial charge on any atom is -0.506 e. The minimum atomic E-state index is -0.417. The van der Waals surface area contributed by atoms with Crippen molar-refractivity contribution >= 4 is 23.1 Å².